The molecule has 0 aliphatic carbocycles. The smallest absolute Gasteiger partial charge is 0.233 e. The Labute approximate surface area is 141 Å². The molecule has 3 aromatic rings. The second-order valence-electron chi connectivity index (χ2n) is 5.98. The Hall–Kier alpha value is -2.60. The zero-order chi connectivity index (χ0) is 16.7. The maximum Gasteiger partial charge on any atom is 0.233 e. The van der Waals surface area contributed by atoms with Gasteiger partial charge in [0.25, 0.3) is 0 Å². The summed E-state index contributed by atoms with van der Waals surface area (Å²) in [5.74, 6) is 0.141. The van der Waals surface area contributed by atoms with Gasteiger partial charge in [-0.1, -0.05) is 30.3 Å². The van der Waals surface area contributed by atoms with E-state index in [1.54, 1.807) is 6.33 Å². The summed E-state index contributed by atoms with van der Waals surface area (Å²) in [6, 6.07) is 13.9. The van der Waals surface area contributed by atoms with E-state index in [1.165, 1.54) is 0 Å². The molecular formula is C18H17N3O2S. The normalized spacial score (nSPS) is 15.5. The topological polar surface area (TPSA) is 64.0 Å². The van der Waals surface area contributed by atoms with E-state index >= 15 is 0 Å². The molecule has 5 nitrogen and oxygen atoms in total. The van der Waals surface area contributed by atoms with Gasteiger partial charge in [0.1, 0.15) is 0 Å². The van der Waals surface area contributed by atoms with Crippen molar-refractivity contribution in [3.63, 3.8) is 0 Å². The number of imidazole rings is 1. The van der Waals surface area contributed by atoms with Gasteiger partial charge in [-0.2, -0.15) is 0 Å². The zero-order valence-corrected chi connectivity index (χ0v) is 14.0. The minimum Gasteiger partial charge on any atom is -0.306 e. The van der Waals surface area contributed by atoms with Crippen molar-refractivity contribution in [3.8, 4) is 16.8 Å². The second-order valence-corrected chi connectivity index (χ2v) is 7.82. The molecule has 1 aliphatic heterocycles. The number of hydrogen-bond donors (Lipinski definition) is 1. The van der Waals surface area contributed by atoms with Crippen molar-refractivity contribution < 1.29 is 8.42 Å². The summed E-state index contributed by atoms with van der Waals surface area (Å²) in [5, 5.41) is 0. The maximum atomic E-state index is 11.9. The molecule has 0 bridgehead atoms. The third kappa shape index (κ3) is 2.69. The number of aryl methyl sites for hydroxylation is 2. The summed E-state index contributed by atoms with van der Waals surface area (Å²) in [5.41, 5.74) is 5.61. The van der Waals surface area contributed by atoms with Crippen molar-refractivity contribution in [3.05, 3.63) is 66.2 Å². The molecule has 24 heavy (non-hydrogen) atoms. The molecule has 2 aromatic carbocycles. The van der Waals surface area contributed by atoms with E-state index in [2.05, 4.69) is 9.71 Å². The minimum absolute atomic E-state index is 0.141. The predicted molar refractivity (Wildman–Crippen MR) is 94.9 cm³/mol. The summed E-state index contributed by atoms with van der Waals surface area (Å²) in [7, 11) is -3.24. The van der Waals surface area contributed by atoms with Crippen LogP contribution in [0.4, 0.5) is 5.69 Å². The summed E-state index contributed by atoms with van der Waals surface area (Å²) < 4.78 is 28.5. The average molecular weight is 339 g/mol. The standard InChI is InChI=1S/C18H17N3O2S/c1-13-11-21(12-19-13)16-7-5-14(6-8-16)17-4-2-3-15-9-10-24(22,23)20-18(15)17/h2-8,11-12,20H,9-10H2,1H3. The molecule has 0 atom stereocenters. The van der Waals surface area contributed by atoms with Gasteiger partial charge in [0, 0.05) is 17.4 Å². The highest BCUT2D eigenvalue weighted by Gasteiger charge is 2.22. The number of nitrogens with one attached hydrogen (secondary N) is 1. The Balaban J connectivity index is 1.75. The number of sulfonamides is 1. The number of rotatable bonds is 2. The first kappa shape index (κ1) is 15.0. The molecule has 0 saturated heterocycles. The van der Waals surface area contributed by atoms with Crippen molar-refractivity contribution in [1.82, 2.24) is 9.55 Å². The van der Waals surface area contributed by atoms with Crippen LogP contribution < -0.4 is 4.72 Å². The minimum atomic E-state index is -3.24. The average Bonchev–Trinajstić information content (AvgIpc) is 3.00. The Morgan fingerprint density at radius 1 is 1.12 bits per heavy atom. The fraction of sp³-hybridized carbons (Fsp3) is 0.167. The van der Waals surface area contributed by atoms with Gasteiger partial charge in [0.15, 0.2) is 0 Å². The molecule has 1 aromatic heterocycles. The number of anilines is 1. The van der Waals surface area contributed by atoms with Gasteiger partial charge in [0.2, 0.25) is 10.0 Å². The largest absolute Gasteiger partial charge is 0.306 e. The van der Waals surface area contributed by atoms with Crippen LogP contribution in [0.5, 0.6) is 0 Å². The van der Waals surface area contributed by atoms with E-state index in [0.29, 0.717) is 12.1 Å². The summed E-state index contributed by atoms with van der Waals surface area (Å²) in [4.78, 5) is 4.23. The first-order chi connectivity index (χ1) is 11.5. The monoisotopic (exact) mass is 339 g/mol. The van der Waals surface area contributed by atoms with Crippen LogP contribution in [-0.4, -0.2) is 23.7 Å². The first-order valence-corrected chi connectivity index (χ1v) is 9.41. The predicted octanol–water partition coefficient (Wildman–Crippen LogP) is 3.15. The quantitative estimate of drug-likeness (QED) is 0.780. The molecule has 0 saturated carbocycles. The van der Waals surface area contributed by atoms with Crippen LogP contribution in [0.3, 0.4) is 0 Å². The number of aromatic nitrogens is 2. The maximum absolute atomic E-state index is 11.9. The molecule has 0 radical (unpaired) electrons. The molecule has 6 heteroatoms. The van der Waals surface area contributed by atoms with E-state index in [0.717, 1.165) is 28.1 Å². The lowest BCUT2D eigenvalue weighted by atomic mass is 9.99. The molecule has 0 spiro atoms. The molecule has 122 valence electrons. The number of fused-ring (bicyclic) bond motifs is 1. The fourth-order valence-corrected chi connectivity index (χ4v) is 4.14. The lowest BCUT2D eigenvalue weighted by Gasteiger charge is -2.21. The van der Waals surface area contributed by atoms with Gasteiger partial charge in [-0.3, -0.25) is 4.72 Å². The summed E-state index contributed by atoms with van der Waals surface area (Å²) >= 11 is 0. The number of nitrogens with zero attached hydrogens (tertiary/aromatic N) is 2. The molecule has 4 rings (SSSR count). The van der Waals surface area contributed by atoms with E-state index in [-0.39, 0.29) is 5.75 Å². The number of para-hydroxylation sites is 1. The van der Waals surface area contributed by atoms with Crippen LogP contribution in [0, 0.1) is 6.92 Å². The highest BCUT2D eigenvalue weighted by molar-refractivity contribution is 7.92. The van der Waals surface area contributed by atoms with Crippen molar-refractivity contribution in [2.45, 2.75) is 13.3 Å². The van der Waals surface area contributed by atoms with Crippen molar-refractivity contribution in [1.29, 1.82) is 0 Å². The number of benzene rings is 2. The van der Waals surface area contributed by atoms with E-state index in [1.807, 2.05) is 60.2 Å². The van der Waals surface area contributed by atoms with Crippen LogP contribution in [0.2, 0.25) is 0 Å². The molecule has 2 heterocycles. The van der Waals surface area contributed by atoms with Gasteiger partial charge in [0.05, 0.1) is 23.5 Å². The van der Waals surface area contributed by atoms with E-state index in [4.69, 9.17) is 0 Å². The van der Waals surface area contributed by atoms with Gasteiger partial charge in [-0.25, -0.2) is 13.4 Å². The molecule has 0 unspecified atom stereocenters. The molecule has 1 N–H and O–H groups in total. The highest BCUT2D eigenvalue weighted by atomic mass is 32.2. The third-order valence-electron chi connectivity index (χ3n) is 4.24. The van der Waals surface area contributed by atoms with Gasteiger partial charge >= 0.3 is 0 Å². The van der Waals surface area contributed by atoms with Gasteiger partial charge < -0.3 is 4.57 Å². The lowest BCUT2D eigenvalue weighted by Crippen LogP contribution is -2.24. The Morgan fingerprint density at radius 3 is 2.62 bits per heavy atom. The first-order valence-electron chi connectivity index (χ1n) is 7.76. The highest BCUT2D eigenvalue weighted by Crippen LogP contribution is 2.35. The van der Waals surface area contributed by atoms with Crippen molar-refractivity contribution in [2.24, 2.45) is 0 Å². The van der Waals surface area contributed by atoms with Crippen molar-refractivity contribution in [2.75, 3.05) is 10.5 Å². The SMILES string of the molecule is Cc1cn(-c2ccc(-c3cccc4c3NS(=O)(=O)CC4)cc2)cn1. The van der Waals surface area contributed by atoms with Gasteiger partial charge in [-0.15, -0.1) is 0 Å². The second kappa shape index (κ2) is 5.49. The Kier molecular flexibility index (Phi) is 3.42. The molecule has 1 aliphatic rings. The van der Waals surface area contributed by atoms with Crippen LogP contribution >= 0.6 is 0 Å². The van der Waals surface area contributed by atoms with Crippen LogP contribution in [0.1, 0.15) is 11.3 Å². The Morgan fingerprint density at radius 2 is 1.92 bits per heavy atom. The summed E-state index contributed by atoms with van der Waals surface area (Å²) in [6.45, 7) is 1.95. The fourth-order valence-electron chi connectivity index (χ4n) is 3.00. The third-order valence-corrected chi connectivity index (χ3v) is 5.49. The lowest BCUT2D eigenvalue weighted by molar-refractivity contribution is 0.599. The van der Waals surface area contributed by atoms with E-state index in [9.17, 15) is 8.42 Å². The number of hydrogen-bond acceptors (Lipinski definition) is 3. The van der Waals surface area contributed by atoms with Crippen LogP contribution in [0.15, 0.2) is 55.0 Å². The molecular weight excluding hydrogens is 322 g/mol. The van der Waals surface area contributed by atoms with Crippen LogP contribution in [0.25, 0.3) is 16.8 Å². The zero-order valence-electron chi connectivity index (χ0n) is 13.2. The molecule has 0 amide bonds. The summed E-state index contributed by atoms with van der Waals surface area (Å²) in [6.07, 6.45) is 4.29. The van der Waals surface area contributed by atoms with Crippen LogP contribution in [-0.2, 0) is 16.4 Å². The van der Waals surface area contributed by atoms with E-state index < -0.39 is 10.0 Å². The van der Waals surface area contributed by atoms with Crippen molar-refractivity contribution >= 4 is 15.7 Å². The molecule has 0 fully saturated rings. The van der Waals surface area contributed by atoms with Gasteiger partial charge in [-0.05, 0) is 36.6 Å². The Bertz CT molecular complexity index is 1000.